The van der Waals surface area contributed by atoms with Gasteiger partial charge in [-0.1, -0.05) is 6.42 Å². The van der Waals surface area contributed by atoms with Crippen molar-refractivity contribution >= 4 is 21.4 Å². The van der Waals surface area contributed by atoms with Gasteiger partial charge in [0.2, 0.25) is 10.0 Å². The van der Waals surface area contributed by atoms with E-state index in [1.165, 1.54) is 31.2 Å². The Balaban J connectivity index is 1.53. The highest BCUT2D eigenvalue weighted by Gasteiger charge is 2.26. The van der Waals surface area contributed by atoms with E-state index in [0.717, 1.165) is 37.3 Å². The van der Waals surface area contributed by atoms with Crippen molar-refractivity contribution in [1.82, 2.24) is 19.3 Å². The van der Waals surface area contributed by atoms with Crippen molar-refractivity contribution in [1.29, 1.82) is 0 Å². The monoisotopic (exact) mass is 349 g/mol. The van der Waals surface area contributed by atoms with Crippen molar-refractivity contribution in [3.63, 3.8) is 0 Å². The summed E-state index contributed by atoms with van der Waals surface area (Å²) in [4.78, 5) is 6.81. The standard InChI is InChI=1S/C16H23N5O2S/c1-24(22,23)19-13-5-8-20(9-6-13)16-15-11-14(12-3-2-4-12)18-21(15)10-7-17-16/h7,10-13,19H,2-6,8-9H2,1H3. The van der Waals surface area contributed by atoms with Crippen LogP contribution in [0.3, 0.4) is 0 Å². The fourth-order valence-electron chi connectivity index (χ4n) is 3.59. The molecule has 1 aliphatic heterocycles. The molecule has 2 aromatic heterocycles. The summed E-state index contributed by atoms with van der Waals surface area (Å²) in [6.45, 7) is 1.59. The Labute approximate surface area is 142 Å². The second-order valence-electron chi connectivity index (χ2n) is 6.93. The summed E-state index contributed by atoms with van der Waals surface area (Å²) in [6.07, 6.45) is 10.3. The zero-order valence-electron chi connectivity index (χ0n) is 13.9. The van der Waals surface area contributed by atoms with Gasteiger partial charge in [-0.05, 0) is 31.7 Å². The van der Waals surface area contributed by atoms with Gasteiger partial charge in [0.15, 0.2) is 5.82 Å². The first kappa shape index (κ1) is 15.8. The summed E-state index contributed by atoms with van der Waals surface area (Å²) < 4.78 is 27.4. The first-order valence-electron chi connectivity index (χ1n) is 8.56. The maximum absolute atomic E-state index is 11.4. The van der Waals surface area contributed by atoms with Gasteiger partial charge in [0, 0.05) is 37.4 Å². The van der Waals surface area contributed by atoms with E-state index in [1.54, 1.807) is 6.20 Å². The van der Waals surface area contributed by atoms with Crippen LogP contribution in [0.5, 0.6) is 0 Å². The molecule has 4 rings (SSSR count). The fourth-order valence-corrected chi connectivity index (χ4v) is 4.43. The molecule has 1 N–H and O–H groups in total. The first-order valence-corrected chi connectivity index (χ1v) is 10.5. The van der Waals surface area contributed by atoms with Crippen molar-refractivity contribution in [2.75, 3.05) is 24.2 Å². The molecule has 2 aromatic rings. The van der Waals surface area contributed by atoms with Crippen LogP contribution in [0.4, 0.5) is 5.82 Å². The Bertz CT molecular complexity index is 835. The summed E-state index contributed by atoms with van der Waals surface area (Å²) in [6, 6.07) is 2.19. The van der Waals surface area contributed by atoms with Gasteiger partial charge in [-0.25, -0.2) is 22.6 Å². The first-order chi connectivity index (χ1) is 11.5. The maximum Gasteiger partial charge on any atom is 0.208 e. The number of aromatic nitrogens is 3. The normalized spacial score (nSPS) is 20.5. The predicted molar refractivity (Wildman–Crippen MR) is 92.8 cm³/mol. The quantitative estimate of drug-likeness (QED) is 0.905. The molecule has 0 amide bonds. The molecule has 0 spiro atoms. The largest absolute Gasteiger partial charge is 0.355 e. The number of fused-ring (bicyclic) bond motifs is 1. The van der Waals surface area contributed by atoms with Crippen molar-refractivity contribution in [3.05, 3.63) is 24.2 Å². The van der Waals surface area contributed by atoms with Gasteiger partial charge in [0.25, 0.3) is 0 Å². The van der Waals surface area contributed by atoms with E-state index in [2.05, 4.69) is 20.7 Å². The van der Waals surface area contributed by atoms with Crippen LogP contribution < -0.4 is 9.62 Å². The summed E-state index contributed by atoms with van der Waals surface area (Å²) >= 11 is 0. The molecule has 24 heavy (non-hydrogen) atoms. The minimum Gasteiger partial charge on any atom is -0.355 e. The summed E-state index contributed by atoms with van der Waals surface area (Å²) in [7, 11) is -3.14. The molecule has 2 aliphatic rings. The molecule has 8 heteroatoms. The highest BCUT2D eigenvalue weighted by atomic mass is 32.2. The summed E-state index contributed by atoms with van der Waals surface area (Å²) in [5.74, 6) is 1.55. The topological polar surface area (TPSA) is 79.6 Å². The third-order valence-corrected chi connectivity index (χ3v) is 5.85. The lowest BCUT2D eigenvalue weighted by molar-refractivity contribution is 0.409. The molecule has 0 aromatic carbocycles. The van der Waals surface area contributed by atoms with Crippen LogP contribution in [-0.2, 0) is 10.0 Å². The average Bonchev–Trinajstić information content (AvgIpc) is 2.87. The van der Waals surface area contributed by atoms with E-state index in [1.807, 2.05) is 10.7 Å². The molecule has 0 bridgehead atoms. The van der Waals surface area contributed by atoms with E-state index in [4.69, 9.17) is 5.10 Å². The van der Waals surface area contributed by atoms with Crippen molar-refractivity contribution in [2.45, 2.75) is 44.1 Å². The Morgan fingerprint density at radius 2 is 1.96 bits per heavy atom. The fraction of sp³-hybridized carbons (Fsp3) is 0.625. The number of hydrogen-bond acceptors (Lipinski definition) is 5. The molecular formula is C16H23N5O2S. The summed E-state index contributed by atoms with van der Waals surface area (Å²) in [5, 5.41) is 4.71. The van der Waals surface area contributed by atoms with Crippen molar-refractivity contribution < 1.29 is 8.42 Å². The van der Waals surface area contributed by atoms with Gasteiger partial charge in [-0.15, -0.1) is 0 Å². The molecule has 0 unspecified atom stereocenters. The van der Waals surface area contributed by atoms with E-state index >= 15 is 0 Å². The van der Waals surface area contributed by atoms with Gasteiger partial charge < -0.3 is 4.90 Å². The third-order valence-electron chi connectivity index (χ3n) is 5.09. The number of nitrogens with zero attached hydrogens (tertiary/aromatic N) is 4. The zero-order valence-corrected chi connectivity index (χ0v) is 14.7. The van der Waals surface area contributed by atoms with Gasteiger partial charge in [0.05, 0.1) is 11.9 Å². The highest BCUT2D eigenvalue weighted by Crippen LogP contribution is 2.36. The van der Waals surface area contributed by atoms with Crippen LogP contribution in [-0.4, -0.2) is 48.4 Å². The zero-order chi connectivity index (χ0) is 16.7. The number of piperidine rings is 1. The number of rotatable bonds is 4. The van der Waals surface area contributed by atoms with E-state index in [-0.39, 0.29) is 6.04 Å². The number of anilines is 1. The molecule has 1 saturated heterocycles. The molecule has 7 nitrogen and oxygen atoms in total. The smallest absolute Gasteiger partial charge is 0.208 e. The van der Waals surface area contributed by atoms with Gasteiger partial charge in [-0.2, -0.15) is 5.10 Å². The van der Waals surface area contributed by atoms with E-state index in [9.17, 15) is 8.42 Å². The van der Waals surface area contributed by atoms with E-state index < -0.39 is 10.0 Å². The minimum absolute atomic E-state index is 0.0198. The lowest BCUT2D eigenvalue weighted by Crippen LogP contribution is -2.44. The lowest BCUT2D eigenvalue weighted by Gasteiger charge is -2.32. The molecule has 3 heterocycles. The van der Waals surface area contributed by atoms with Gasteiger partial charge >= 0.3 is 0 Å². The predicted octanol–water partition coefficient (Wildman–Crippen LogP) is 1.51. The van der Waals surface area contributed by atoms with Crippen molar-refractivity contribution in [2.24, 2.45) is 0 Å². The lowest BCUT2D eigenvalue weighted by atomic mass is 9.83. The Hall–Kier alpha value is -1.67. The van der Waals surface area contributed by atoms with Gasteiger partial charge in [0.1, 0.15) is 5.52 Å². The molecule has 1 aliphatic carbocycles. The van der Waals surface area contributed by atoms with Crippen LogP contribution in [0.25, 0.3) is 5.52 Å². The second-order valence-corrected chi connectivity index (χ2v) is 8.71. The SMILES string of the molecule is CS(=O)(=O)NC1CCN(c2nccn3nc(C4CCC4)cc23)CC1. The molecule has 1 saturated carbocycles. The highest BCUT2D eigenvalue weighted by molar-refractivity contribution is 7.88. The molecular weight excluding hydrogens is 326 g/mol. The molecule has 0 atom stereocenters. The summed E-state index contributed by atoms with van der Waals surface area (Å²) in [5.41, 5.74) is 2.22. The second kappa shape index (κ2) is 6.00. The van der Waals surface area contributed by atoms with E-state index in [0.29, 0.717) is 5.92 Å². The average molecular weight is 349 g/mol. The van der Waals surface area contributed by atoms with Gasteiger partial charge in [-0.3, -0.25) is 0 Å². The molecule has 2 fully saturated rings. The van der Waals surface area contributed by atoms with Crippen LogP contribution in [0.2, 0.25) is 0 Å². The molecule has 130 valence electrons. The third kappa shape index (κ3) is 3.12. The minimum atomic E-state index is -3.14. The molecule has 0 radical (unpaired) electrons. The van der Waals surface area contributed by atoms with Crippen LogP contribution in [0.15, 0.2) is 18.5 Å². The van der Waals surface area contributed by atoms with Crippen LogP contribution in [0, 0.1) is 0 Å². The van der Waals surface area contributed by atoms with Crippen LogP contribution in [0.1, 0.15) is 43.7 Å². The van der Waals surface area contributed by atoms with Crippen LogP contribution >= 0.6 is 0 Å². The number of sulfonamides is 1. The Morgan fingerprint density at radius 3 is 2.58 bits per heavy atom. The maximum atomic E-state index is 11.4. The Morgan fingerprint density at radius 1 is 1.21 bits per heavy atom. The van der Waals surface area contributed by atoms with Crippen molar-refractivity contribution in [3.8, 4) is 0 Å². The number of hydrogen-bond donors (Lipinski definition) is 1. The Kier molecular flexibility index (Phi) is 3.96. The number of nitrogens with one attached hydrogen (secondary N) is 1.